The number of likely N-dealkylation sites (N-methyl/N-ethyl adjacent to an activating group) is 1. The Labute approximate surface area is 177 Å². The first-order chi connectivity index (χ1) is 14.0. The van der Waals surface area contributed by atoms with Crippen LogP contribution >= 0.6 is 0 Å². The first-order valence-electron chi connectivity index (χ1n) is 9.15. The summed E-state index contributed by atoms with van der Waals surface area (Å²) in [6.07, 6.45) is 1.59. The molecule has 0 fully saturated rings. The van der Waals surface area contributed by atoms with Gasteiger partial charge < -0.3 is 10.1 Å². The lowest BCUT2D eigenvalue weighted by Crippen LogP contribution is -2.35. The number of anilines is 1. The maximum absolute atomic E-state index is 12.7. The van der Waals surface area contributed by atoms with E-state index in [1.165, 1.54) is 31.3 Å². The Bertz CT molecular complexity index is 1070. The van der Waals surface area contributed by atoms with Gasteiger partial charge >= 0.3 is 0 Å². The maximum atomic E-state index is 12.7. The molecule has 0 bridgehead atoms. The van der Waals surface area contributed by atoms with E-state index >= 15 is 0 Å². The Hall–Kier alpha value is -2.50. The molecule has 0 atom stereocenters. The molecule has 2 aromatic rings. The smallest absolute Gasteiger partial charge is 0.243 e. The van der Waals surface area contributed by atoms with E-state index in [1.807, 2.05) is 6.92 Å². The van der Waals surface area contributed by atoms with Gasteiger partial charge in [-0.2, -0.15) is 4.31 Å². The van der Waals surface area contributed by atoms with Gasteiger partial charge in [-0.25, -0.2) is 21.8 Å². The number of aromatic nitrogens is 1. The van der Waals surface area contributed by atoms with Crippen LogP contribution in [0.15, 0.2) is 47.5 Å². The number of nitrogens with one attached hydrogen (secondary N) is 1. The summed E-state index contributed by atoms with van der Waals surface area (Å²) in [5, 5.41) is 2.55. The standard InChI is InChI=1S/C19H25N3O6S2/c1-4-29(24,25)12-11-28-16-6-8-17(9-7-16)30(26,27)22(3)14-19(23)21-18-10-5-15(2)13-20-18/h5-10,13H,4,11-12,14H2,1-3H3,(H,20,21,23). The summed E-state index contributed by atoms with van der Waals surface area (Å²) in [4.78, 5) is 16.2. The number of nitrogens with zero attached hydrogens (tertiary/aromatic N) is 2. The van der Waals surface area contributed by atoms with Crippen molar-refractivity contribution in [3.63, 3.8) is 0 Å². The zero-order valence-electron chi connectivity index (χ0n) is 17.0. The molecule has 0 aliphatic rings. The number of hydrogen-bond acceptors (Lipinski definition) is 7. The first-order valence-corrected chi connectivity index (χ1v) is 12.4. The molecule has 0 aliphatic carbocycles. The highest BCUT2D eigenvalue weighted by atomic mass is 32.2. The second-order valence-corrected chi connectivity index (χ2v) is 11.1. The van der Waals surface area contributed by atoms with Gasteiger partial charge in [0.2, 0.25) is 15.9 Å². The van der Waals surface area contributed by atoms with E-state index in [-0.39, 0.29) is 29.6 Å². The molecular weight excluding hydrogens is 430 g/mol. The van der Waals surface area contributed by atoms with E-state index in [0.29, 0.717) is 11.6 Å². The third kappa shape index (κ3) is 6.78. The molecule has 0 aliphatic heterocycles. The molecule has 1 aromatic carbocycles. The molecule has 1 N–H and O–H groups in total. The number of benzene rings is 1. The number of hydrogen-bond donors (Lipinski definition) is 1. The van der Waals surface area contributed by atoms with Crippen LogP contribution in [0.2, 0.25) is 0 Å². The van der Waals surface area contributed by atoms with Gasteiger partial charge in [0.25, 0.3) is 0 Å². The molecule has 2 rings (SSSR count). The monoisotopic (exact) mass is 455 g/mol. The second kappa shape index (κ2) is 10.0. The normalized spacial score (nSPS) is 12.0. The largest absolute Gasteiger partial charge is 0.493 e. The Balaban J connectivity index is 1.96. The minimum absolute atomic E-state index is 0.0141. The summed E-state index contributed by atoms with van der Waals surface area (Å²) < 4.78 is 54.6. The van der Waals surface area contributed by atoms with Gasteiger partial charge in [-0.1, -0.05) is 13.0 Å². The van der Waals surface area contributed by atoms with E-state index in [1.54, 1.807) is 25.3 Å². The molecule has 0 unspecified atom stereocenters. The molecule has 9 nitrogen and oxygen atoms in total. The van der Waals surface area contributed by atoms with Crippen LogP contribution in [0, 0.1) is 6.92 Å². The fourth-order valence-electron chi connectivity index (χ4n) is 2.33. The SMILES string of the molecule is CCS(=O)(=O)CCOc1ccc(S(=O)(=O)N(C)CC(=O)Nc2ccc(C)cn2)cc1. The number of sulfonamides is 1. The molecular formula is C19H25N3O6S2. The third-order valence-corrected chi connectivity index (χ3v) is 7.67. The van der Waals surface area contributed by atoms with Crippen molar-refractivity contribution in [3.8, 4) is 5.75 Å². The molecule has 1 aromatic heterocycles. The highest BCUT2D eigenvalue weighted by Crippen LogP contribution is 2.19. The Kier molecular flexibility index (Phi) is 7.93. The molecule has 0 saturated heterocycles. The number of aryl methyl sites for hydroxylation is 1. The van der Waals surface area contributed by atoms with Gasteiger partial charge in [-0.05, 0) is 42.8 Å². The minimum atomic E-state index is -3.90. The quantitative estimate of drug-likeness (QED) is 0.575. The number of ether oxygens (including phenoxy) is 1. The van der Waals surface area contributed by atoms with Gasteiger partial charge in [0.05, 0.1) is 17.2 Å². The average Bonchev–Trinajstić information content (AvgIpc) is 2.70. The maximum Gasteiger partial charge on any atom is 0.243 e. The van der Waals surface area contributed by atoms with Crippen molar-refractivity contribution in [1.29, 1.82) is 0 Å². The van der Waals surface area contributed by atoms with E-state index < -0.39 is 25.8 Å². The topological polar surface area (TPSA) is 123 Å². The van der Waals surface area contributed by atoms with Crippen LogP contribution in [-0.4, -0.2) is 63.7 Å². The van der Waals surface area contributed by atoms with Crippen molar-refractivity contribution in [2.45, 2.75) is 18.7 Å². The number of carbonyl (C=O) groups excluding carboxylic acids is 1. The summed E-state index contributed by atoms with van der Waals surface area (Å²) in [5.74, 6) is 0.0913. The minimum Gasteiger partial charge on any atom is -0.493 e. The predicted octanol–water partition coefficient (Wildman–Crippen LogP) is 1.46. The van der Waals surface area contributed by atoms with Crippen molar-refractivity contribution in [2.24, 2.45) is 0 Å². The molecule has 30 heavy (non-hydrogen) atoms. The van der Waals surface area contributed by atoms with Gasteiger partial charge in [0.1, 0.15) is 18.2 Å². The van der Waals surface area contributed by atoms with Crippen LogP contribution < -0.4 is 10.1 Å². The number of rotatable bonds is 10. The second-order valence-electron chi connectivity index (χ2n) is 6.59. The Morgan fingerprint density at radius 1 is 1.10 bits per heavy atom. The van der Waals surface area contributed by atoms with Crippen molar-refractivity contribution in [2.75, 3.05) is 37.0 Å². The van der Waals surface area contributed by atoms with Gasteiger partial charge in [0.15, 0.2) is 9.84 Å². The van der Waals surface area contributed by atoms with Crippen LogP contribution in [0.4, 0.5) is 5.82 Å². The number of carbonyl (C=O) groups is 1. The van der Waals surface area contributed by atoms with Crippen LogP contribution in [0.5, 0.6) is 5.75 Å². The molecule has 0 spiro atoms. The van der Waals surface area contributed by atoms with E-state index in [2.05, 4.69) is 10.3 Å². The summed E-state index contributed by atoms with van der Waals surface area (Å²) in [5.41, 5.74) is 0.937. The highest BCUT2D eigenvalue weighted by molar-refractivity contribution is 7.91. The zero-order chi connectivity index (χ0) is 22.4. The van der Waals surface area contributed by atoms with E-state index in [0.717, 1.165) is 9.87 Å². The van der Waals surface area contributed by atoms with Crippen LogP contribution in [0.3, 0.4) is 0 Å². The Morgan fingerprint density at radius 2 is 1.77 bits per heavy atom. The lowest BCUT2D eigenvalue weighted by Gasteiger charge is -2.17. The summed E-state index contributed by atoms with van der Waals surface area (Å²) in [7, 11) is -5.73. The van der Waals surface area contributed by atoms with Crippen molar-refractivity contribution in [3.05, 3.63) is 48.2 Å². The van der Waals surface area contributed by atoms with Crippen LogP contribution in [0.1, 0.15) is 12.5 Å². The molecule has 1 amide bonds. The van der Waals surface area contributed by atoms with Gasteiger partial charge in [-0.3, -0.25) is 4.79 Å². The zero-order valence-corrected chi connectivity index (χ0v) is 18.7. The Morgan fingerprint density at radius 3 is 2.33 bits per heavy atom. The lowest BCUT2D eigenvalue weighted by atomic mass is 10.3. The number of pyridine rings is 1. The van der Waals surface area contributed by atoms with Crippen molar-refractivity contribution >= 4 is 31.6 Å². The van der Waals surface area contributed by atoms with Crippen LogP contribution in [-0.2, 0) is 24.7 Å². The summed E-state index contributed by atoms with van der Waals surface area (Å²) in [6, 6.07) is 8.98. The van der Waals surface area contributed by atoms with E-state index in [4.69, 9.17) is 4.74 Å². The highest BCUT2D eigenvalue weighted by Gasteiger charge is 2.23. The summed E-state index contributed by atoms with van der Waals surface area (Å²) in [6.45, 7) is 3.02. The van der Waals surface area contributed by atoms with Crippen molar-refractivity contribution < 1.29 is 26.4 Å². The number of amides is 1. The fraction of sp³-hybridized carbons (Fsp3) is 0.368. The summed E-state index contributed by atoms with van der Waals surface area (Å²) >= 11 is 0. The molecule has 11 heteroatoms. The van der Waals surface area contributed by atoms with E-state index in [9.17, 15) is 21.6 Å². The van der Waals surface area contributed by atoms with Gasteiger partial charge in [-0.15, -0.1) is 0 Å². The fourth-order valence-corrected chi connectivity index (χ4v) is 4.08. The molecule has 164 valence electrons. The molecule has 1 heterocycles. The number of sulfone groups is 1. The predicted molar refractivity (Wildman–Crippen MR) is 114 cm³/mol. The average molecular weight is 456 g/mol. The van der Waals surface area contributed by atoms with Crippen molar-refractivity contribution in [1.82, 2.24) is 9.29 Å². The third-order valence-electron chi connectivity index (χ3n) is 4.18. The molecule has 0 saturated carbocycles. The first kappa shape index (κ1) is 23.8. The van der Waals surface area contributed by atoms with Gasteiger partial charge in [0, 0.05) is 19.0 Å². The molecule has 0 radical (unpaired) electrons. The van der Waals surface area contributed by atoms with Crippen LogP contribution in [0.25, 0.3) is 0 Å². The lowest BCUT2D eigenvalue weighted by molar-refractivity contribution is -0.116.